The zero-order chi connectivity index (χ0) is 21.8. The number of piperidine rings is 1. The fourth-order valence-corrected chi connectivity index (χ4v) is 5.12. The molecule has 2 aromatic carbocycles. The Morgan fingerprint density at radius 3 is 2.58 bits per heavy atom. The van der Waals surface area contributed by atoms with Crippen LogP contribution < -0.4 is 4.74 Å². The predicted octanol–water partition coefficient (Wildman–Crippen LogP) is 5.23. The summed E-state index contributed by atoms with van der Waals surface area (Å²) in [6, 6.07) is 18.2. The van der Waals surface area contributed by atoms with Crippen molar-refractivity contribution in [2.24, 2.45) is 0 Å². The fourth-order valence-electron chi connectivity index (χ4n) is 4.54. The summed E-state index contributed by atoms with van der Waals surface area (Å²) in [5.74, 6) is 0.543. The number of methoxy groups -OCH3 is 1. The van der Waals surface area contributed by atoms with Gasteiger partial charge in [-0.1, -0.05) is 52.3 Å². The van der Waals surface area contributed by atoms with Crippen LogP contribution >= 0.6 is 15.9 Å². The van der Waals surface area contributed by atoms with Gasteiger partial charge in [-0.3, -0.25) is 20.0 Å². The van der Waals surface area contributed by atoms with Crippen molar-refractivity contribution >= 4 is 15.9 Å². The molecule has 3 atom stereocenters. The van der Waals surface area contributed by atoms with E-state index in [1.807, 2.05) is 66.9 Å². The van der Waals surface area contributed by atoms with Gasteiger partial charge in [-0.2, -0.15) is 0 Å². The Hall–Kier alpha value is -2.77. The predicted molar refractivity (Wildman–Crippen MR) is 123 cm³/mol. The third-order valence-electron chi connectivity index (χ3n) is 5.97. The first-order valence-electron chi connectivity index (χ1n) is 10.2. The van der Waals surface area contributed by atoms with Crippen LogP contribution in [0, 0.1) is 10.1 Å². The number of halogens is 1. The van der Waals surface area contributed by atoms with Gasteiger partial charge in [-0.05, 0) is 47.4 Å². The Morgan fingerprint density at radius 2 is 1.94 bits per heavy atom. The van der Waals surface area contributed by atoms with Crippen molar-refractivity contribution in [1.29, 1.82) is 0 Å². The molecular weight excluding hydrogens is 458 g/mol. The second-order valence-electron chi connectivity index (χ2n) is 7.74. The molecule has 1 aromatic heterocycles. The lowest BCUT2D eigenvalue weighted by molar-refractivity contribution is -0.540. The molecular formula is C24H24BrN3O3. The molecule has 0 bridgehead atoms. The molecule has 4 rings (SSSR count). The van der Waals surface area contributed by atoms with Gasteiger partial charge in [0.05, 0.1) is 13.0 Å². The number of pyridine rings is 1. The van der Waals surface area contributed by atoms with Crippen LogP contribution in [0.4, 0.5) is 0 Å². The normalized spacial score (nSPS) is 21.5. The number of rotatable bonds is 6. The molecule has 0 amide bonds. The van der Waals surface area contributed by atoms with Crippen molar-refractivity contribution in [3.63, 3.8) is 0 Å². The largest absolute Gasteiger partial charge is 0.497 e. The smallest absolute Gasteiger partial charge is 0.239 e. The first-order chi connectivity index (χ1) is 15.1. The van der Waals surface area contributed by atoms with Gasteiger partial charge in [-0.25, -0.2) is 0 Å². The first-order valence-corrected chi connectivity index (χ1v) is 11.0. The minimum absolute atomic E-state index is 0.103. The lowest BCUT2D eigenvalue weighted by Gasteiger charge is -2.41. The minimum Gasteiger partial charge on any atom is -0.497 e. The summed E-state index contributed by atoms with van der Waals surface area (Å²) in [7, 11) is 1.62. The quantitative estimate of drug-likeness (QED) is 0.356. The van der Waals surface area contributed by atoms with E-state index in [-0.39, 0.29) is 16.9 Å². The highest BCUT2D eigenvalue weighted by Gasteiger charge is 2.47. The van der Waals surface area contributed by atoms with Gasteiger partial charge in [0.1, 0.15) is 11.8 Å². The molecule has 7 heteroatoms. The van der Waals surface area contributed by atoms with Crippen LogP contribution in [0.5, 0.6) is 5.75 Å². The highest BCUT2D eigenvalue weighted by molar-refractivity contribution is 9.10. The topological polar surface area (TPSA) is 68.5 Å². The summed E-state index contributed by atoms with van der Waals surface area (Å²) in [5, 5.41) is 12.5. The molecule has 0 unspecified atom stereocenters. The zero-order valence-electron chi connectivity index (χ0n) is 17.2. The molecule has 2 heterocycles. The minimum atomic E-state index is -0.780. The summed E-state index contributed by atoms with van der Waals surface area (Å²) in [6.45, 7) is 1.36. The van der Waals surface area contributed by atoms with Crippen molar-refractivity contribution in [2.75, 3.05) is 13.7 Å². The molecule has 0 N–H and O–H groups in total. The summed E-state index contributed by atoms with van der Waals surface area (Å²) in [4.78, 5) is 18.8. The number of likely N-dealkylation sites (tertiary alicyclic amines) is 1. The molecule has 0 spiro atoms. The van der Waals surface area contributed by atoms with Crippen LogP contribution in [-0.2, 0) is 6.54 Å². The van der Waals surface area contributed by atoms with Crippen molar-refractivity contribution in [1.82, 2.24) is 9.88 Å². The maximum Gasteiger partial charge on any atom is 0.239 e. The molecule has 1 aliphatic heterocycles. The summed E-state index contributed by atoms with van der Waals surface area (Å²) >= 11 is 3.61. The van der Waals surface area contributed by atoms with E-state index in [0.29, 0.717) is 13.0 Å². The number of nitro groups is 1. The molecule has 0 aliphatic carbocycles. The van der Waals surface area contributed by atoms with Crippen LogP contribution in [0.3, 0.4) is 0 Å². The number of ether oxygens (including phenoxy) is 1. The number of aromatic nitrogens is 1. The van der Waals surface area contributed by atoms with Gasteiger partial charge in [0.2, 0.25) is 6.04 Å². The van der Waals surface area contributed by atoms with E-state index < -0.39 is 6.04 Å². The van der Waals surface area contributed by atoms with E-state index in [2.05, 4.69) is 25.8 Å². The summed E-state index contributed by atoms with van der Waals surface area (Å²) in [6.07, 6.45) is 4.27. The standard InChI is InChI=1S/C24H24BrN3O3/c1-31-19-10-8-18(9-11-19)23-24(28(29)30)21(20-6-2-3-7-22(20)25)12-14-27(23)16-17-5-4-13-26-15-17/h2-11,13,15,21,23-24H,12,14,16H2,1H3/t21-,23+,24-/m0/s1. The summed E-state index contributed by atoms with van der Waals surface area (Å²) in [5.41, 5.74) is 2.95. The zero-order valence-corrected chi connectivity index (χ0v) is 18.8. The van der Waals surface area contributed by atoms with E-state index in [1.54, 1.807) is 13.3 Å². The number of nitrogens with zero attached hydrogens (tertiary/aromatic N) is 3. The van der Waals surface area contributed by atoms with Gasteiger partial charge in [0.25, 0.3) is 0 Å². The molecule has 6 nitrogen and oxygen atoms in total. The van der Waals surface area contributed by atoms with E-state index >= 15 is 0 Å². The van der Waals surface area contributed by atoms with E-state index in [4.69, 9.17) is 4.74 Å². The third-order valence-corrected chi connectivity index (χ3v) is 6.69. The first kappa shape index (κ1) is 21.5. The Balaban J connectivity index is 1.76. The highest BCUT2D eigenvalue weighted by Crippen LogP contribution is 2.43. The van der Waals surface area contributed by atoms with E-state index in [9.17, 15) is 10.1 Å². The van der Waals surface area contributed by atoms with Crippen LogP contribution in [0.15, 0.2) is 77.5 Å². The fraction of sp³-hybridized carbons (Fsp3) is 0.292. The lowest BCUT2D eigenvalue weighted by Crippen LogP contribution is -2.48. The van der Waals surface area contributed by atoms with Crippen LogP contribution in [0.25, 0.3) is 0 Å². The van der Waals surface area contributed by atoms with Crippen LogP contribution in [0.1, 0.15) is 35.1 Å². The molecule has 1 saturated heterocycles. The Kier molecular flexibility index (Phi) is 6.63. The van der Waals surface area contributed by atoms with Gasteiger partial charge in [0.15, 0.2) is 0 Å². The van der Waals surface area contributed by atoms with Crippen LogP contribution in [-0.4, -0.2) is 34.5 Å². The Bertz CT molecular complexity index is 1030. The van der Waals surface area contributed by atoms with Crippen molar-refractivity contribution < 1.29 is 9.66 Å². The Morgan fingerprint density at radius 1 is 1.16 bits per heavy atom. The molecule has 160 valence electrons. The molecule has 0 radical (unpaired) electrons. The molecule has 1 aliphatic rings. The average Bonchev–Trinajstić information content (AvgIpc) is 2.80. The molecule has 0 saturated carbocycles. The number of benzene rings is 2. The molecule has 1 fully saturated rings. The van der Waals surface area contributed by atoms with Crippen molar-refractivity contribution in [3.05, 3.63) is 104 Å². The third kappa shape index (κ3) is 4.62. The maximum atomic E-state index is 12.5. The van der Waals surface area contributed by atoms with Crippen molar-refractivity contribution in [3.8, 4) is 5.75 Å². The average molecular weight is 482 g/mol. The monoisotopic (exact) mass is 481 g/mol. The maximum absolute atomic E-state index is 12.5. The van der Waals surface area contributed by atoms with Gasteiger partial charge >= 0.3 is 0 Å². The SMILES string of the molecule is COc1ccc([C@@H]2[C@@H]([N+](=O)[O-])[C@H](c3ccccc3Br)CCN2Cc2cccnc2)cc1. The van der Waals surface area contributed by atoms with E-state index in [1.165, 1.54) is 0 Å². The highest BCUT2D eigenvalue weighted by atomic mass is 79.9. The molecule has 31 heavy (non-hydrogen) atoms. The van der Waals surface area contributed by atoms with Gasteiger partial charge in [0, 0.05) is 34.9 Å². The Labute approximate surface area is 190 Å². The van der Waals surface area contributed by atoms with Crippen LogP contribution in [0.2, 0.25) is 0 Å². The second-order valence-corrected chi connectivity index (χ2v) is 8.60. The van der Waals surface area contributed by atoms with Gasteiger partial charge in [-0.15, -0.1) is 0 Å². The number of hydrogen-bond donors (Lipinski definition) is 0. The number of hydrogen-bond acceptors (Lipinski definition) is 5. The molecule has 3 aromatic rings. The summed E-state index contributed by atoms with van der Waals surface area (Å²) < 4.78 is 6.22. The van der Waals surface area contributed by atoms with Gasteiger partial charge < -0.3 is 4.74 Å². The van der Waals surface area contributed by atoms with E-state index in [0.717, 1.165) is 33.5 Å². The lowest BCUT2D eigenvalue weighted by atomic mass is 9.78. The second kappa shape index (κ2) is 9.58. The van der Waals surface area contributed by atoms with Crippen molar-refractivity contribution in [2.45, 2.75) is 31.0 Å².